The highest BCUT2D eigenvalue weighted by Gasteiger charge is 2.36. The summed E-state index contributed by atoms with van der Waals surface area (Å²) in [5.41, 5.74) is -0.796. The summed E-state index contributed by atoms with van der Waals surface area (Å²) in [5.74, 6) is 0.577. The number of alkyl halides is 3. The normalized spacial score (nSPS) is 27.0. The van der Waals surface area contributed by atoms with Gasteiger partial charge in [0.2, 0.25) is 0 Å². The molecule has 0 saturated heterocycles. The first kappa shape index (κ1) is 16.3. The first-order chi connectivity index (χ1) is 9.95. The van der Waals surface area contributed by atoms with Gasteiger partial charge in [-0.25, -0.2) is 0 Å². The van der Waals surface area contributed by atoms with Crippen LogP contribution in [0, 0.1) is 5.92 Å². The van der Waals surface area contributed by atoms with Crippen molar-refractivity contribution in [1.29, 1.82) is 0 Å². The van der Waals surface area contributed by atoms with Crippen LogP contribution in [0.25, 0.3) is 0 Å². The van der Waals surface area contributed by atoms with Crippen molar-refractivity contribution in [2.24, 2.45) is 5.92 Å². The van der Waals surface area contributed by atoms with Gasteiger partial charge in [-0.3, -0.25) is 4.68 Å². The molecule has 0 aromatic carbocycles. The van der Waals surface area contributed by atoms with Crippen molar-refractivity contribution in [3.05, 3.63) is 18.0 Å². The lowest BCUT2D eigenvalue weighted by atomic mass is 9.81. The molecule has 1 aliphatic rings. The van der Waals surface area contributed by atoms with E-state index in [9.17, 15) is 13.2 Å². The van der Waals surface area contributed by atoms with Crippen LogP contribution in [0.15, 0.2) is 12.3 Å². The number of aromatic nitrogens is 2. The minimum absolute atomic E-state index is 0.0198. The molecule has 3 atom stereocenters. The van der Waals surface area contributed by atoms with E-state index in [1.165, 1.54) is 10.9 Å². The van der Waals surface area contributed by atoms with Crippen LogP contribution in [0.1, 0.15) is 57.7 Å². The molecule has 21 heavy (non-hydrogen) atoms. The van der Waals surface area contributed by atoms with Gasteiger partial charge in [-0.1, -0.05) is 20.3 Å². The summed E-state index contributed by atoms with van der Waals surface area (Å²) in [5, 5.41) is 7.25. The molecule has 1 aromatic heterocycles. The van der Waals surface area contributed by atoms with Crippen LogP contribution in [0.3, 0.4) is 0 Å². The number of hydrogen-bond acceptors (Lipinski definition) is 2. The Hall–Kier alpha value is -1.04. The summed E-state index contributed by atoms with van der Waals surface area (Å²) in [4.78, 5) is 0. The molecule has 1 fully saturated rings. The van der Waals surface area contributed by atoms with Crippen molar-refractivity contribution < 1.29 is 13.2 Å². The van der Waals surface area contributed by atoms with Gasteiger partial charge in [0, 0.05) is 12.2 Å². The zero-order valence-corrected chi connectivity index (χ0v) is 12.7. The Bertz CT molecular complexity index is 442. The third-order valence-electron chi connectivity index (χ3n) is 4.40. The fraction of sp³-hybridized carbons (Fsp3) is 0.800. The molecule has 3 unspecified atom stereocenters. The van der Waals surface area contributed by atoms with Crippen molar-refractivity contribution in [2.75, 3.05) is 6.54 Å². The molecule has 2 rings (SSSR count). The zero-order chi connectivity index (χ0) is 15.5. The van der Waals surface area contributed by atoms with E-state index in [1.54, 1.807) is 0 Å². The van der Waals surface area contributed by atoms with Crippen LogP contribution >= 0.6 is 0 Å². The summed E-state index contributed by atoms with van der Waals surface area (Å²) in [6.45, 7) is 5.13. The quantitative estimate of drug-likeness (QED) is 0.890. The lowest BCUT2D eigenvalue weighted by Gasteiger charge is -2.36. The molecule has 0 radical (unpaired) electrons. The summed E-state index contributed by atoms with van der Waals surface area (Å²) in [6, 6.07) is 1.31. The first-order valence-electron chi connectivity index (χ1n) is 7.81. The molecule has 1 aliphatic carbocycles. The molecule has 0 spiro atoms. The molecule has 3 nitrogen and oxygen atoms in total. The topological polar surface area (TPSA) is 29.9 Å². The van der Waals surface area contributed by atoms with Crippen molar-refractivity contribution >= 4 is 0 Å². The van der Waals surface area contributed by atoms with Crippen molar-refractivity contribution in [2.45, 2.75) is 64.2 Å². The monoisotopic (exact) mass is 303 g/mol. The second-order valence-corrected chi connectivity index (χ2v) is 5.89. The van der Waals surface area contributed by atoms with Gasteiger partial charge in [0.25, 0.3) is 0 Å². The maximum Gasteiger partial charge on any atom is 0.435 e. The fourth-order valence-corrected chi connectivity index (χ4v) is 3.14. The fourth-order valence-electron chi connectivity index (χ4n) is 3.14. The van der Waals surface area contributed by atoms with Gasteiger partial charge < -0.3 is 5.32 Å². The highest BCUT2D eigenvalue weighted by molar-refractivity contribution is 5.05. The number of halogens is 3. The molecule has 1 N–H and O–H groups in total. The highest BCUT2D eigenvalue weighted by Crippen LogP contribution is 2.35. The van der Waals surface area contributed by atoms with Gasteiger partial charge in [0.1, 0.15) is 0 Å². The Morgan fingerprint density at radius 2 is 2.10 bits per heavy atom. The summed E-state index contributed by atoms with van der Waals surface area (Å²) < 4.78 is 39.7. The average Bonchev–Trinajstić information content (AvgIpc) is 2.94. The molecule has 0 amide bonds. The number of hydrogen-bond donors (Lipinski definition) is 1. The Morgan fingerprint density at radius 1 is 1.33 bits per heavy atom. The maximum absolute atomic E-state index is 12.7. The summed E-state index contributed by atoms with van der Waals surface area (Å²) >= 11 is 0. The lowest BCUT2D eigenvalue weighted by Crippen LogP contribution is -2.42. The summed E-state index contributed by atoms with van der Waals surface area (Å²) in [7, 11) is 0. The van der Waals surface area contributed by atoms with Crippen LogP contribution in [0.4, 0.5) is 13.2 Å². The average molecular weight is 303 g/mol. The van der Waals surface area contributed by atoms with Gasteiger partial charge in [0.05, 0.1) is 6.04 Å². The SMILES string of the molecule is CCCNC1CCC(CC)CC1n1ccc(C(F)(F)F)n1. The number of nitrogens with one attached hydrogen (secondary N) is 1. The Morgan fingerprint density at radius 3 is 2.67 bits per heavy atom. The smallest absolute Gasteiger partial charge is 0.312 e. The second-order valence-electron chi connectivity index (χ2n) is 5.89. The zero-order valence-electron chi connectivity index (χ0n) is 12.7. The van der Waals surface area contributed by atoms with Gasteiger partial charge in [-0.2, -0.15) is 18.3 Å². The molecule has 0 bridgehead atoms. The van der Waals surface area contributed by atoms with Gasteiger partial charge in [0.15, 0.2) is 5.69 Å². The molecular formula is C15H24F3N3. The van der Waals surface area contributed by atoms with Crippen molar-refractivity contribution in [3.63, 3.8) is 0 Å². The standard InChI is InChI=1S/C15H24F3N3/c1-3-8-19-12-6-5-11(4-2)10-13(12)21-9-7-14(20-21)15(16,17)18/h7,9,11-13,19H,3-6,8,10H2,1-2H3. The summed E-state index contributed by atoms with van der Waals surface area (Å²) in [6.07, 6.45) is 2.25. The number of nitrogens with zero attached hydrogens (tertiary/aromatic N) is 2. The minimum Gasteiger partial charge on any atom is -0.312 e. The minimum atomic E-state index is -4.36. The van der Waals surface area contributed by atoms with E-state index in [4.69, 9.17) is 0 Å². The molecular weight excluding hydrogens is 279 g/mol. The van der Waals surface area contributed by atoms with Crippen molar-refractivity contribution in [3.8, 4) is 0 Å². The molecule has 1 heterocycles. The predicted octanol–water partition coefficient (Wildman–Crippen LogP) is 4.02. The van der Waals surface area contributed by atoms with Crippen LogP contribution in [0.2, 0.25) is 0 Å². The largest absolute Gasteiger partial charge is 0.435 e. The van der Waals surface area contributed by atoms with E-state index in [0.717, 1.165) is 44.7 Å². The molecule has 0 aliphatic heterocycles. The van der Waals surface area contributed by atoms with E-state index in [2.05, 4.69) is 24.3 Å². The van der Waals surface area contributed by atoms with E-state index >= 15 is 0 Å². The maximum atomic E-state index is 12.7. The van der Waals surface area contributed by atoms with E-state index in [0.29, 0.717) is 5.92 Å². The third kappa shape index (κ3) is 3.99. The van der Waals surface area contributed by atoms with Crippen LogP contribution < -0.4 is 5.32 Å². The highest BCUT2D eigenvalue weighted by atomic mass is 19.4. The molecule has 1 aromatic rings. The van der Waals surface area contributed by atoms with E-state index in [1.807, 2.05) is 0 Å². The number of rotatable bonds is 5. The Labute approximate surface area is 123 Å². The van der Waals surface area contributed by atoms with Gasteiger partial charge in [-0.15, -0.1) is 0 Å². The van der Waals surface area contributed by atoms with E-state index < -0.39 is 11.9 Å². The van der Waals surface area contributed by atoms with E-state index in [-0.39, 0.29) is 12.1 Å². The Balaban J connectivity index is 2.16. The third-order valence-corrected chi connectivity index (χ3v) is 4.40. The Kier molecular flexibility index (Phi) is 5.30. The first-order valence-corrected chi connectivity index (χ1v) is 7.81. The van der Waals surface area contributed by atoms with Crippen molar-refractivity contribution in [1.82, 2.24) is 15.1 Å². The molecule has 120 valence electrons. The van der Waals surface area contributed by atoms with Crippen LogP contribution in [-0.4, -0.2) is 22.4 Å². The van der Waals surface area contributed by atoms with Crippen LogP contribution in [-0.2, 0) is 6.18 Å². The lowest BCUT2D eigenvalue weighted by molar-refractivity contribution is -0.141. The van der Waals surface area contributed by atoms with Crippen LogP contribution in [0.5, 0.6) is 0 Å². The molecule has 6 heteroatoms. The second kappa shape index (κ2) is 6.81. The van der Waals surface area contributed by atoms with Gasteiger partial charge in [-0.05, 0) is 44.2 Å². The molecule has 1 saturated carbocycles. The van der Waals surface area contributed by atoms with Gasteiger partial charge >= 0.3 is 6.18 Å². The predicted molar refractivity (Wildman–Crippen MR) is 76.0 cm³/mol.